The average Bonchev–Trinajstić information content (AvgIpc) is 3.96. The standard InChI is InChI=1S/C41H52ClF2N7O8S/c1-22-10-8-9-11-25-19-41(25,35(54)49-60(56,57)39(6)14-15-39)48-32(52)30-18-27(58-33-28-17-26(42)12-13-29(28)51-20-24(3)45-36(51)47-33)21-50(30)34(53)31(23(2)16-22)46-37(55)59-38(4,5)40(7,43)44/h9,11-13,17,20,22-23,25,27,30-31H,8,10,14-16,18-19,21H2,1-7H3,(H,46,55)(H,48,52)(H,49,54)/b11-9-/t22-,23+,25?,27+,30-,31-,41+/m0/s1. The van der Waals surface area contributed by atoms with E-state index < -0.39 is 85.7 Å². The predicted octanol–water partition coefficient (Wildman–Crippen LogP) is 5.61. The van der Waals surface area contributed by atoms with E-state index in [1.54, 1.807) is 36.4 Å². The molecule has 0 radical (unpaired) electrons. The molecule has 7 rings (SSSR count). The first-order valence-electron chi connectivity index (χ1n) is 20.3. The Labute approximate surface area is 352 Å². The molecule has 3 fully saturated rings. The minimum absolute atomic E-state index is 0.00798. The monoisotopic (exact) mass is 875 g/mol. The van der Waals surface area contributed by atoms with Crippen molar-refractivity contribution >= 4 is 62.1 Å². The first kappa shape index (κ1) is 43.5. The van der Waals surface area contributed by atoms with Crippen LogP contribution < -0.4 is 20.1 Å². The number of benzene rings is 1. The maximum Gasteiger partial charge on any atom is 0.408 e. The number of imidazole rings is 1. The van der Waals surface area contributed by atoms with Crippen LogP contribution in [-0.4, -0.2) is 98.0 Å². The zero-order valence-electron chi connectivity index (χ0n) is 34.7. The van der Waals surface area contributed by atoms with Crippen LogP contribution in [-0.2, 0) is 29.1 Å². The Kier molecular flexibility index (Phi) is 11.2. The van der Waals surface area contributed by atoms with Crippen LogP contribution in [0.3, 0.4) is 0 Å². The highest BCUT2D eigenvalue weighted by molar-refractivity contribution is 7.91. The van der Waals surface area contributed by atoms with Gasteiger partial charge in [0.2, 0.25) is 33.5 Å². The second kappa shape index (κ2) is 15.4. The summed E-state index contributed by atoms with van der Waals surface area (Å²) >= 11 is 6.42. The van der Waals surface area contributed by atoms with Crippen LogP contribution in [0, 0.1) is 24.7 Å². The summed E-state index contributed by atoms with van der Waals surface area (Å²) in [5.41, 5.74) is -2.48. The van der Waals surface area contributed by atoms with Crippen molar-refractivity contribution in [2.45, 2.75) is 133 Å². The molecule has 2 saturated carbocycles. The summed E-state index contributed by atoms with van der Waals surface area (Å²) in [7, 11) is -4.07. The second-order valence-electron chi connectivity index (χ2n) is 18.0. The molecular weight excluding hydrogens is 824 g/mol. The molecule has 1 unspecified atom stereocenters. The Bertz CT molecular complexity index is 2380. The average molecular weight is 876 g/mol. The minimum atomic E-state index is -4.07. The summed E-state index contributed by atoms with van der Waals surface area (Å²) in [5, 5.41) is 6.32. The summed E-state index contributed by atoms with van der Waals surface area (Å²) in [6, 6.07) is 2.54. The van der Waals surface area contributed by atoms with Crippen LogP contribution in [0.4, 0.5) is 13.6 Å². The summed E-state index contributed by atoms with van der Waals surface area (Å²) in [6.07, 6.45) is 5.83. The van der Waals surface area contributed by atoms with Crippen molar-refractivity contribution in [3.05, 3.63) is 47.3 Å². The van der Waals surface area contributed by atoms with Crippen molar-refractivity contribution in [3.63, 3.8) is 0 Å². The third-order valence-corrected chi connectivity index (χ3v) is 15.1. The number of ether oxygens (including phenoxy) is 2. The molecule has 326 valence electrons. The van der Waals surface area contributed by atoms with Crippen molar-refractivity contribution < 1.29 is 45.9 Å². The summed E-state index contributed by atoms with van der Waals surface area (Å²) < 4.78 is 70.0. The van der Waals surface area contributed by atoms with E-state index in [-0.39, 0.29) is 31.2 Å². The van der Waals surface area contributed by atoms with E-state index >= 15 is 0 Å². The number of amides is 4. The fraction of sp³-hybridized carbons (Fsp3) is 0.610. The molecule has 15 nitrogen and oxygen atoms in total. The van der Waals surface area contributed by atoms with Crippen molar-refractivity contribution in [2.24, 2.45) is 17.8 Å². The molecule has 2 aliphatic heterocycles. The Morgan fingerprint density at radius 3 is 2.50 bits per heavy atom. The number of hydrogen-bond acceptors (Lipinski definition) is 10. The van der Waals surface area contributed by atoms with Gasteiger partial charge in [0, 0.05) is 30.5 Å². The molecule has 0 spiro atoms. The Morgan fingerprint density at radius 2 is 1.82 bits per heavy atom. The molecule has 7 atom stereocenters. The molecule has 3 N–H and O–H groups in total. The maximum absolute atomic E-state index is 14.9. The lowest BCUT2D eigenvalue weighted by Crippen LogP contribution is -2.59. The van der Waals surface area contributed by atoms with Gasteiger partial charge in [0.25, 0.3) is 11.8 Å². The maximum atomic E-state index is 14.9. The number of halogens is 3. The third-order valence-electron chi connectivity index (χ3n) is 12.7. The van der Waals surface area contributed by atoms with Crippen molar-refractivity contribution in [1.82, 2.24) is 34.6 Å². The molecule has 0 bridgehead atoms. The number of allylic oxidation sites excluding steroid dienone is 1. The van der Waals surface area contributed by atoms with Gasteiger partial charge in [-0.05, 0) is 96.3 Å². The highest BCUT2D eigenvalue weighted by Crippen LogP contribution is 2.48. The number of fused-ring (bicyclic) bond motifs is 5. The molecule has 60 heavy (non-hydrogen) atoms. The van der Waals surface area contributed by atoms with Gasteiger partial charge in [0.1, 0.15) is 23.7 Å². The molecule has 1 aromatic carbocycles. The second-order valence-corrected chi connectivity index (χ2v) is 20.6. The molecule has 4 heterocycles. The number of sulfonamides is 1. The first-order chi connectivity index (χ1) is 27.9. The number of aromatic nitrogens is 3. The Hall–Kier alpha value is -4.58. The Balaban J connectivity index is 1.26. The summed E-state index contributed by atoms with van der Waals surface area (Å²) in [6.45, 7) is 9.66. The lowest BCUT2D eigenvalue weighted by molar-refractivity contribution is -0.152. The first-order valence-corrected chi connectivity index (χ1v) is 22.1. The fourth-order valence-electron chi connectivity index (χ4n) is 8.10. The van der Waals surface area contributed by atoms with Gasteiger partial charge in [0.05, 0.1) is 27.9 Å². The van der Waals surface area contributed by atoms with Crippen molar-refractivity contribution in [2.75, 3.05) is 6.54 Å². The SMILES string of the molecule is Cc1cn2c(n1)nc(O[C@@H]1C[C@H]3C(=O)N[C@]4(C(=O)NS(=O)(=O)C5(C)CC5)CC4/C=C\CC[C@H](C)C[C@@H](C)[C@H](NC(=O)OC(C)(C)C(C)(F)F)C(=O)N3C1)c1cc(Cl)ccc12. The highest BCUT2D eigenvalue weighted by atomic mass is 35.5. The van der Waals surface area contributed by atoms with E-state index in [4.69, 9.17) is 21.1 Å². The Morgan fingerprint density at radius 1 is 1.10 bits per heavy atom. The molecule has 2 aromatic heterocycles. The van der Waals surface area contributed by atoms with Crippen LogP contribution in [0.2, 0.25) is 5.02 Å². The quantitative estimate of drug-likeness (QED) is 0.240. The lowest BCUT2D eigenvalue weighted by Gasteiger charge is -2.35. The van der Waals surface area contributed by atoms with Crippen LogP contribution in [0.25, 0.3) is 16.7 Å². The normalized spacial score (nSPS) is 29.1. The largest absolute Gasteiger partial charge is 0.472 e. The van der Waals surface area contributed by atoms with Gasteiger partial charge in [0.15, 0.2) is 5.60 Å². The van der Waals surface area contributed by atoms with E-state index in [0.29, 0.717) is 66.4 Å². The molecule has 19 heteroatoms. The molecular formula is C41H52ClF2N7O8S. The number of nitrogens with zero attached hydrogens (tertiary/aromatic N) is 4. The van der Waals surface area contributed by atoms with E-state index in [0.717, 1.165) is 13.8 Å². The van der Waals surface area contributed by atoms with Crippen LogP contribution >= 0.6 is 11.6 Å². The summed E-state index contributed by atoms with van der Waals surface area (Å²) in [5.74, 6) is -6.38. The summed E-state index contributed by atoms with van der Waals surface area (Å²) in [4.78, 5) is 67.3. The minimum Gasteiger partial charge on any atom is -0.472 e. The number of nitrogens with one attached hydrogen (secondary N) is 3. The van der Waals surface area contributed by atoms with Gasteiger partial charge in [-0.25, -0.2) is 27.0 Å². The van der Waals surface area contributed by atoms with Crippen molar-refractivity contribution in [3.8, 4) is 5.88 Å². The van der Waals surface area contributed by atoms with Gasteiger partial charge >= 0.3 is 6.09 Å². The van der Waals surface area contributed by atoms with Gasteiger partial charge in [-0.3, -0.25) is 23.5 Å². The molecule has 4 aliphatic rings. The number of aryl methyl sites for hydroxylation is 1. The van der Waals surface area contributed by atoms with E-state index in [1.807, 2.05) is 32.2 Å². The number of rotatable bonds is 8. The molecule has 3 aromatic rings. The molecule has 2 aliphatic carbocycles. The van der Waals surface area contributed by atoms with Crippen molar-refractivity contribution in [1.29, 1.82) is 0 Å². The highest BCUT2D eigenvalue weighted by Gasteiger charge is 2.63. The zero-order valence-corrected chi connectivity index (χ0v) is 36.3. The zero-order chi connectivity index (χ0) is 43.7. The number of alkyl halides is 2. The lowest BCUT2D eigenvalue weighted by atomic mass is 9.88. The number of carbonyl (C=O) groups excluding carboxylic acids is 4. The van der Waals surface area contributed by atoms with E-state index in [1.165, 1.54) is 4.90 Å². The van der Waals surface area contributed by atoms with Gasteiger partial charge in [-0.1, -0.05) is 37.6 Å². The van der Waals surface area contributed by atoms with Crippen LogP contribution in [0.15, 0.2) is 36.5 Å². The number of carbonyl (C=O) groups is 4. The third kappa shape index (κ3) is 8.37. The van der Waals surface area contributed by atoms with E-state index in [2.05, 4.69) is 25.3 Å². The van der Waals surface area contributed by atoms with E-state index in [9.17, 15) is 36.4 Å². The fourth-order valence-corrected chi connectivity index (χ4v) is 9.59. The molecule has 4 amide bonds. The molecule has 1 saturated heterocycles. The van der Waals surface area contributed by atoms with Crippen LogP contribution in [0.5, 0.6) is 5.88 Å². The predicted molar refractivity (Wildman–Crippen MR) is 218 cm³/mol. The number of hydrogen-bond donors (Lipinski definition) is 3. The topological polar surface area (TPSA) is 190 Å². The van der Waals surface area contributed by atoms with Crippen LogP contribution in [0.1, 0.15) is 92.2 Å². The van der Waals surface area contributed by atoms with Gasteiger partial charge in [-0.2, -0.15) is 4.98 Å². The number of alkyl carbamates (subject to hydrolysis) is 1. The van der Waals surface area contributed by atoms with Gasteiger partial charge in [-0.15, -0.1) is 0 Å². The smallest absolute Gasteiger partial charge is 0.408 e. The van der Waals surface area contributed by atoms with Gasteiger partial charge < -0.3 is 25.0 Å².